The zero-order valence-electron chi connectivity index (χ0n) is 11.5. The maximum absolute atomic E-state index is 10.9. The fourth-order valence-corrected chi connectivity index (χ4v) is 1.26. The molecule has 0 aliphatic rings. The van der Waals surface area contributed by atoms with Crippen LogP contribution in [0.1, 0.15) is 25.8 Å². The number of hydrogen-bond acceptors (Lipinski definition) is 1. The van der Waals surface area contributed by atoms with Gasteiger partial charge in [0.25, 0.3) is 0 Å². The summed E-state index contributed by atoms with van der Waals surface area (Å²) in [4.78, 5) is 10.9. The van der Waals surface area contributed by atoms with Crippen LogP contribution >= 0.6 is 0 Å². The molecule has 0 bridgehead atoms. The van der Waals surface area contributed by atoms with E-state index in [2.05, 4.69) is 25.6 Å². The van der Waals surface area contributed by atoms with Crippen LogP contribution in [0.15, 0.2) is 66.8 Å². The Morgan fingerprint density at radius 1 is 1.28 bits per heavy atom. The minimum absolute atomic E-state index is 0.102. The van der Waals surface area contributed by atoms with E-state index in [1.807, 2.05) is 31.2 Å². The molecule has 0 aliphatic heterocycles. The van der Waals surface area contributed by atoms with Crippen molar-refractivity contribution < 1.29 is 4.79 Å². The van der Waals surface area contributed by atoms with Gasteiger partial charge in [0.1, 0.15) is 0 Å². The van der Waals surface area contributed by atoms with E-state index < -0.39 is 0 Å². The van der Waals surface area contributed by atoms with Crippen molar-refractivity contribution in [1.82, 2.24) is 0 Å². The van der Waals surface area contributed by atoms with Crippen LogP contribution in [0, 0.1) is 6.92 Å². The molecule has 1 heteroatoms. The molecule has 0 unspecified atom stereocenters. The second-order valence-corrected chi connectivity index (χ2v) is 3.87. The summed E-state index contributed by atoms with van der Waals surface area (Å²) < 4.78 is 0. The van der Waals surface area contributed by atoms with Gasteiger partial charge in [0.2, 0.25) is 0 Å². The van der Waals surface area contributed by atoms with E-state index >= 15 is 0 Å². The molecule has 0 heterocycles. The summed E-state index contributed by atoms with van der Waals surface area (Å²) >= 11 is 0. The predicted octanol–water partition coefficient (Wildman–Crippen LogP) is 4.65. The number of hydrogen-bond donors (Lipinski definition) is 0. The summed E-state index contributed by atoms with van der Waals surface area (Å²) in [5.41, 5.74) is 2.08. The second kappa shape index (κ2) is 10.3. The molecule has 0 fully saturated rings. The number of benzene rings is 1. The fourth-order valence-electron chi connectivity index (χ4n) is 1.26. The van der Waals surface area contributed by atoms with Gasteiger partial charge >= 0.3 is 0 Å². The van der Waals surface area contributed by atoms with E-state index in [1.165, 1.54) is 5.56 Å². The Hall–Kier alpha value is -1.89. The minimum atomic E-state index is 0.102. The first-order valence-corrected chi connectivity index (χ1v) is 6.13. The van der Waals surface area contributed by atoms with E-state index in [0.29, 0.717) is 0 Å². The molecule has 1 aromatic rings. The maximum Gasteiger partial charge on any atom is 0.159 e. The van der Waals surface area contributed by atoms with E-state index in [9.17, 15) is 4.79 Å². The van der Waals surface area contributed by atoms with Crippen LogP contribution in [0.3, 0.4) is 0 Å². The number of carbonyl (C=O) groups is 1. The fraction of sp³-hybridized carbons (Fsp3) is 0.235. The van der Waals surface area contributed by atoms with Gasteiger partial charge in [0, 0.05) is 5.57 Å². The number of Topliss-reactive ketones (excluding diaryl/α,β-unsaturated/α-hetero) is 1. The van der Waals surface area contributed by atoms with Gasteiger partial charge in [-0.05, 0) is 20.3 Å². The SMILES string of the molecule is C=C/C=C\C(=C/CC)C(C)=O.Cc1ccccc1. The number of aryl methyl sites for hydroxylation is 1. The third-order valence-corrected chi connectivity index (χ3v) is 2.18. The molecule has 96 valence electrons. The van der Waals surface area contributed by atoms with Crippen molar-refractivity contribution in [3.8, 4) is 0 Å². The lowest BCUT2D eigenvalue weighted by Crippen LogP contribution is -1.92. The Bertz CT molecular complexity index is 410. The van der Waals surface area contributed by atoms with Crippen molar-refractivity contribution in [2.24, 2.45) is 0 Å². The molecule has 0 saturated heterocycles. The van der Waals surface area contributed by atoms with E-state index in [4.69, 9.17) is 0 Å². The zero-order chi connectivity index (χ0) is 13.8. The van der Waals surface area contributed by atoms with Crippen molar-refractivity contribution in [2.45, 2.75) is 27.2 Å². The average Bonchev–Trinajstić information content (AvgIpc) is 2.36. The lowest BCUT2D eigenvalue weighted by molar-refractivity contribution is -0.113. The highest BCUT2D eigenvalue weighted by molar-refractivity contribution is 5.95. The van der Waals surface area contributed by atoms with Gasteiger partial charge in [-0.1, -0.05) is 73.7 Å². The zero-order valence-corrected chi connectivity index (χ0v) is 11.5. The van der Waals surface area contributed by atoms with Crippen LogP contribution < -0.4 is 0 Å². The normalized spacial score (nSPS) is 10.7. The van der Waals surface area contributed by atoms with Crippen LogP contribution in [-0.2, 0) is 4.79 Å². The third kappa shape index (κ3) is 8.28. The molecular weight excluding hydrogens is 220 g/mol. The Balaban J connectivity index is 0.000000351. The van der Waals surface area contributed by atoms with E-state index in [-0.39, 0.29) is 5.78 Å². The molecule has 1 nitrogen and oxygen atoms in total. The molecule has 0 spiro atoms. The highest BCUT2D eigenvalue weighted by Crippen LogP contribution is 2.00. The van der Waals surface area contributed by atoms with Crippen LogP contribution in [0.4, 0.5) is 0 Å². The van der Waals surface area contributed by atoms with Crippen molar-refractivity contribution in [3.05, 3.63) is 72.4 Å². The standard InChI is InChI=1S/C10H14O.C7H8/c1-4-6-8-10(7-5-2)9(3)11;1-7-5-3-2-4-6-7/h4,6-8H,1,5H2,2-3H3;2-6H,1H3/b8-6-,10-7+;. The van der Waals surface area contributed by atoms with Gasteiger partial charge in [-0.15, -0.1) is 0 Å². The summed E-state index contributed by atoms with van der Waals surface area (Å²) in [6, 6.07) is 10.3. The van der Waals surface area contributed by atoms with Gasteiger partial charge < -0.3 is 0 Å². The van der Waals surface area contributed by atoms with Crippen molar-refractivity contribution >= 4 is 5.78 Å². The highest BCUT2D eigenvalue weighted by Gasteiger charge is 1.95. The third-order valence-electron chi connectivity index (χ3n) is 2.18. The molecule has 0 atom stereocenters. The van der Waals surface area contributed by atoms with Gasteiger partial charge in [0.15, 0.2) is 5.78 Å². The van der Waals surface area contributed by atoms with Gasteiger partial charge in [-0.3, -0.25) is 4.79 Å². The summed E-state index contributed by atoms with van der Waals surface area (Å²) in [5.74, 6) is 0.102. The molecule has 1 rings (SSSR count). The van der Waals surface area contributed by atoms with Crippen LogP contribution in [0.25, 0.3) is 0 Å². The van der Waals surface area contributed by atoms with Gasteiger partial charge in [0.05, 0.1) is 0 Å². The largest absolute Gasteiger partial charge is 0.295 e. The van der Waals surface area contributed by atoms with Crippen LogP contribution in [0.5, 0.6) is 0 Å². The maximum atomic E-state index is 10.9. The van der Waals surface area contributed by atoms with Crippen molar-refractivity contribution in [1.29, 1.82) is 0 Å². The topological polar surface area (TPSA) is 17.1 Å². The smallest absolute Gasteiger partial charge is 0.159 e. The molecular formula is C17H22O. The Morgan fingerprint density at radius 2 is 1.89 bits per heavy atom. The van der Waals surface area contributed by atoms with Gasteiger partial charge in [-0.2, -0.15) is 0 Å². The second-order valence-electron chi connectivity index (χ2n) is 3.87. The highest BCUT2D eigenvalue weighted by atomic mass is 16.1. The number of ketones is 1. The van der Waals surface area contributed by atoms with Crippen molar-refractivity contribution in [3.63, 3.8) is 0 Å². The first-order valence-electron chi connectivity index (χ1n) is 6.13. The lowest BCUT2D eigenvalue weighted by Gasteiger charge is -1.92. The molecule has 0 radical (unpaired) electrons. The molecule has 0 amide bonds. The molecule has 0 saturated carbocycles. The van der Waals surface area contributed by atoms with Gasteiger partial charge in [-0.25, -0.2) is 0 Å². The summed E-state index contributed by atoms with van der Waals surface area (Å²) in [6.45, 7) is 9.18. The molecule has 0 N–H and O–H groups in total. The number of carbonyl (C=O) groups excluding carboxylic acids is 1. The summed E-state index contributed by atoms with van der Waals surface area (Å²) in [6.07, 6.45) is 7.99. The van der Waals surface area contributed by atoms with Crippen molar-refractivity contribution in [2.75, 3.05) is 0 Å². The summed E-state index contributed by atoms with van der Waals surface area (Å²) in [5, 5.41) is 0. The predicted molar refractivity (Wildman–Crippen MR) is 79.6 cm³/mol. The lowest BCUT2D eigenvalue weighted by atomic mass is 10.1. The molecule has 1 aromatic carbocycles. The Labute approximate surface area is 111 Å². The average molecular weight is 242 g/mol. The molecule has 18 heavy (non-hydrogen) atoms. The minimum Gasteiger partial charge on any atom is -0.295 e. The first kappa shape index (κ1) is 16.1. The number of allylic oxidation sites excluding steroid dienone is 5. The van der Waals surface area contributed by atoms with Crippen LogP contribution in [-0.4, -0.2) is 5.78 Å². The Kier molecular flexibility index (Phi) is 9.20. The number of rotatable bonds is 4. The first-order chi connectivity index (χ1) is 8.61. The van der Waals surface area contributed by atoms with Crippen LogP contribution in [0.2, 0.25) is 0 Å². The molecule has 0 aromatic heterocycles. The van der Waals surface area contributed by atoms with E-state index in [0.717, 1.165) is 12.0 Å². The quantitative estimate of drug-likeness (QED) is 0.555. The Morgan fingerprint density at radius 3 is 2.22 bits per heavy atom. The summed E-state index contributed by atoms with van der Waals surface area (Å²) in [7, 11) is 0. The monoisotopic (exact) mass is 242 g/mol. The van der Waals surface area contributed by atoms with E-state index in [1.54, 1.807) is 25.2 Å². The molecule has 0 aliphatic carbocycles.